The lowest BCUT2D eigenvalue weighted by Gasteiger charge is -2.08. The topological polar surface area (TPSA) is 85.1 Å². The Morgan fingerprint density at radius 2 is 1.78 bits per heavy atom. The van der Waals surface area contributed by atoms with E-state index in [1.54, 1.807) is 49.4 Å². The minimum Gasteiger partial charge on any atom is -0.334 e. The monoisotopic (exact) mass is 329 g/mol. The molecule has 0 bridgehead atoms. The molecule has 23 heavy (non-hydrogen) atoms. The molecule has 0 aliphatic heterocycles. The Kier molecular flexibility index (Phi) is 3.87. The fourth-order valence-corrected chi connectivity index (χ4v) is 3.25. The molecule has 0 fully saturated rings. The molecule has 0 unspecified atom stereocenters. The van der Waals surface area contributed by atoms with E-state index in [2.05, 4.69) is 14.9 Å². The van der Waals surface area contributed by atoms with Crippen LogP contribution in [-0.2, 0) is 10.0 Å². The van der Waals surface area contributed by atoms with Gasteiger partial charge in [-0.1, -0.05) is 17.3 Å². The van der Waals surface area contributed by atoms with Gasteiger partial charge in [0.15, 0.2) is 5.82 Å². The summed E-state index contributed by atoms with van der Waals surface area (Å²) in [5.41, 5.74) is 2.07. The van der Waals surface area contributed by atoms with E-state index < -0.39 is 10.0 Å². The number of aryl methyl sites for hydroxylation is 2. The molecule has 0 radical (unpaired) electrons. The molecule has 1 aromatic heterocycles. The lowest BCUT2D eigenvalue weighted by molar-refractivity contribution is 0.425. The summed E-state index contributed by atoms with van der Waals surface area (Å²) in [6.45, 7) is 3.58. The molecular formula is C16H15N3O3S. The Hall–Kier alpha value is -2.67. The maximum atomic E-state index is 12.4. The molecule has 1 heterocycles. The number of benzene rings is 2. The smallest absolute Gasteiger partial charge is 0.261 e. The summed E-state index contributed by atoms with van der Waals surface area (Å²) in [6, 6.07) is 13.5. The van der Waals surface area contributed by atoms with Crippen molar-refractivity contribution < 1.29 is 12.9 Å². The zero-order valence-electron chi connectivity index (χ0n) is 12.6. The molecule has 0 amide bonds. The summed E-state index contributed by atoms with van der Waals surface area (Å²) < 4.78 is 32.3. The van der Waals surface area contributed by atoms with Gasteiger partial charge in [-0.25, -0.2) is 8.42 Å². The van der Waals surface area contributed by atoms with Crippen molar-refractivity contribution in [2.75, 3.05) is 4.72 Å². The van der Waals surface area contributed by atoms with Gasteiger partial charge in [-0.3, -0.25) is 4.72 Å². The van der Waals surface area contributed by atoms with Crippen molar-refractivity contribution in [2.24, 2.45) is 0 Å². The first-order valence-electron chi connectivity index (χ1n) is 6.94. The Balaban J connectivity index is 1.83. The van der Waals surface area contributed by atoms with Crippen LogP contribution in [0.1, 0.15) is 11.4 Å². The fourth-order valence-electron chi connectivity index (χ4n) is 2.09. The predicted octanol–water partition coefficient (Wildman–Crippen LogP) is 3.15. The maximum Gasteiger partial charge on any atom is 0.261 e. The quantitative estimate of drug-likeness (QED) is 0.794. The minimum absolute atomic E-state index is 0.231. The van der Waals surface area contributed by atoms with Crippen LogP contribution in [0.5, 0.6) is 0 Å². The van der Waals surface area contributed by atoms with Crippen LogP contribution in [-0.4, -0.2) is 18.6 Å². The van der Waals surface area contributed by atoms with Crippen LogP contribution in [0.2, 0.25) is 0 Å². The van der Waals surface area contributed by atoms with Crippen molar-refractivity contribution in [1.82, 2.24) is 10.1 Å². The van der Waals surface area contributed by atoms with Crippen molar-refractivity contribution in [3.8, 4) is 11.5 Å². The summed E-state index contributed by atoms with van der Waals surface area (Å²) in [5, 5.41) is 3.73. The second-order valence-corrected chi connectivity index (χ2v) is 6.83. The first-order valence-corrected chi connectivity index (χ1v) is 8.42. The van der Waals surface area contributed by atoms with Crippen molar-refractivity contribution in [3.63, 3.8) is 0 Å². The number of anilines is 1. The molecule has 2 aromatic carbocycles. The van der Waals surface area contributed by atoms with E-state index in [-0.39, 0.29) is 4.90 Å². The largest absolute Gasteiger partial charge is 0.334 e. The van der Waals surface area contributed by atoms with E-state index in [1.807, 2.05) is 13.0 Å². The molecule has 118 valence electrons. The van der Waals surface area contributed by atoms with Crippen LogP contribution in [0.15, 0.2) is 57.9 Å². The van der Waals surface area contributed by atoms with Crippen LogP contribution in [0.3, 0.4) is 0 Å². The number of aromatic nitrogens is 2. The SMILES string of the molecule is Cc1cccc(S(=O)(=O)Nc2ccc(-c3nc(C)no3)cc2)c1. The third-order valence-electron chi connectivity index (χ3n) is 3.21. The van der Waals surface area contributed by atoms with Gasteiger partial charge < -0.3 is 4.52 Å². The standard InChI is InChI=1S/C16H15N3O3S/c1-11-4-3-5-15(10-11)23(20,21)19-14-8-6-13(7-9-14)16-17-12(2)18-22-16/h3-10,19H,1-2H3. The average molecular weight is 329 g/mol. The molecule has 0 saturated heterocycles. The summed E-state index contributed by atoms with van der Waals surface area (Å²) in [6.07, 6.45) is 0. The van der Waals surface area contributed by atoms with E-state index in [9.17, 15) is 8.42 Å². The zero-order chi connectivity index (χ0) is 16.4. The average Bonchev–Trinajstić information content (AvgIpc) is 2.94. The number of rotatable bonds is 4. The highest BCUT2D eigenvalue weighted by Crippen LogP contribution is 2.22. The van der Waals surface area contributed by atoms with E-state index in [0.717, 1.165) is 11.1 Å². The molecule has 3 rings (SSSR count). The normalized spacial score (nSPS) is 11.4. The number of hydrogen-bond acceptors (Lipinski definition) is 5. The Morgan fingerprint density at radius 3 is 2.39 bits per heavy atom. The van der Waals surface area contributed by atoms with Gasteiger partial charge in [-0.15, -0.1) is 0 Å². The Labute approximate surface area is 134 Å². The molecule has 1 N–H and O–H groups in total. The summed E-state index contributed by atoms with van der Waals surface area (Å²) in [4.78, 5) is 4.36. The highest BCUT2D eigenvalue weighted by molar-refractivity contribution is 7.92. The summed E-state index contributed by atoms with van der Waals surface area (Å²) in [5.74, 6) is 0.944. The van der Waals surface area contributed by atoms with Crippen LogP contribution in [0, 0.1) is 13.8 Å². The molecule has 0 aliphatic rings. The second kappa shape index (κ2) is 5.85. The number of nitrogens with one attached hydrogen (secondary N) is 1. The molecule has 0 spiro atoms. The maximum absolute atomic E-state index is 12.4. The van der Waals surface area contributed by atoms with Crippen LogP contribution in [0.4, 0.5) is 5.69 Å². The fraction of sp³-hybridized carbons (Fsp3) is 0.125. The zero-order valence-corrected chi connectivity index (χ0v) is 13.5. The number of nitrogens with zero attached hydrogens (tertiary/aromatic N) is 2. The lowest BCUT2D eigenvalue weighted by atomic mass is 10.2. The molecular weight excluding hydrogens is 314 g/mol. The van der Waals surface area contributed by atoms with E-state index in [4.69, 9.17) is 4.52 Å². The van der Waals surface area contributed by atoms with Gasteiger partial charge in [0.1, 0.15) is 0 Å². The summed E-state index contributed by atoms with van der Waals surface area (Å²) >= 11 is 0. The van der Waals surface area contributed by atoms with Crippen molar-refractivity contribution >= 4 is 15.7 Å². The highest BCUT2D eigenvalue weighted by atomic mass is 32.2. The van der Waals surface area contributed by atoms with Gasteiger partial charge in [0.2, 0.25) is 0 Å². The third-order valence-corrected chi connectivity index (χ3v) is 4.59. The van der Waals surface area contributed by atoms with Crippen LogP contribution in [0.25, 0.3) is 11.5 Å². The highest BCUT2D eigenvalue weighted by Gasteiger charge is 2.14. The van der Waals surface area contributed by atoms with Crippen molar-refractivity contribution in [2.45, 2.75) is 18.7 Å². The molecule has 7 heteroatoms. The van der Waals surface area contributed by atoms with Gasteiger partial charge in [0, 0.05) is 11.3 Å². The number of hydrogen-bond donors (Lipinski definition) is 1. The lowest BCUT2D eigenvalue weighted by Crippen LogP contribution is -2.12. The van der Waals surface area contributed by atoms with Gasteiger partial charge in [-0.2, -0.15) is 4.98 Å². The van der Waals surface area contributed by atoms with E-state index >= 15 is 0 Å². The van der Waals surface area contributed by atoms with Gasteiger partial charge in [0.05, 0.1) is 4.90 Å². The second-order valence-electron chi connectivity index (χ2n) is 5.15. The van der Waals surface area contributed by atoms with Crippen molar-refractivity contribution in [1.29, 1.82) is 0 Å². The molecule has 0 aliphatic carbocycles. The Morgan fingerprint density at radius 1 is 1.04 bits per heavy atom. The van der Waals surface area contributed by atoms with Gasteiger partial charge >= 0.3 is 0 Å². The van der Waals surface area contributed by atoms with E-state index in [0.29, 0.717) is 17.4 Å². The minimum atomic E-state index is -3.61. The number of sulfonamides is 1. The Bertz CT molecular complexity index is 931. The summed E-state index contributed by atoms with van der Waals surface area (Å²) in [7, 11) is -3.61. The van der Waals surface area contributed by atoms with E-state index in [1.165, 1.54) is 0 Å². The molecule has 6 nitrogen and oxygen atoms in total. The van der Waals surface area contributed by atoms with Crippen molar-refractivity contribution in [3.05, 3.63) is 59.9 Å². The van der Waals surface area contributed by atoms with Gasteiger partial charge in [-0.05, 0) is 55.8 Å². The predicted molar refractivity (Wildman–Crippen MR) is 86.5 cm³/mol. The third kappa shape index (κ3) is 3.40. The molecule has 3 aromatic rings. The van der Waals surface area contributed by atoms with Crippen LogP contribution < -0.4 is 4.72 Å². The first-order chi connectivity index (χ1) is 10.9. The first kappa shape index (κ1) is 15.2. The van der Waals surface area contributed by atoms with Crippen LogP contribution >= 0.6 is 0 Å². The molecule has 0 atom stereocenters. The molecule has 0 saturated carbocycles. The van der Waals surface area contributed by atoms with Gasteiger partial charge in [0.25, 0.3) is 15.9 Å².